The Kier molecular flexibility index (Phi) is 6.31. The molecule has 0 unspecified atom stereocenters. The van der Waals surface area contributed by atoms with Gasteiger partial charge in [-0.1, -0.05) is 42.5 Å². The molecule has 0 spiro atoms. The van der Waals surface area contributed by atoms with Gasteiger partial charge in [-0.05, 0) is 42.0 Å². The molecule has 4 rings (SSSR count). The molecular weight excluding hydrogens is 424 g/mol. The van der Waals surface area contributed by atoms with Crippen molar-refractivity contribution in [3.63, 3.8) is 0 Å². The number of hydrogen-bond donors (Lipinski definition) is 2. The van der Waals surface area contributed by atoms with Crippen LogP contribution in [0.25, 0.3) is 17.0 Å². The predicted octanol–water partition coefficient (Wildman–Crippen LogP) is 4.54. The van der Waals surface area contributed by atoms with Gasteiger partial charge in [0.1, 0.15) is 17.3 Å². The number of halogens is 2. The summed E-state index contributed by atoms with van der Waals surface area (Å²) in [4.78, 5) is 25.7. The molecule has 7 heteroatoms. The summed E-state index contributed by atoms with van der Waals surface area (Å²) in [5.41, 5.74) is 2.15. The Hall–Kier alpha value is -4.26. The zero-order chi connectivity index (χ0) is 23.4. The largest absolute Gasteiger partial charge is 0.350 e. The molecule has 0 radical (unpaired) electrons. The Labute approximate surface area is 189 Å². The highest BCUT2D eigenvalue weighted by atomic mass is 19.1. The number of amides is 2. The molecule has 1 heterocycles. The summed E-state index contributed by atoms with van der Waals surface area (Å²) in [5, 5.41) is 6.16. The Morgan fingerprint density at radius 3 is 2.39 bits per heavy atom. The smallest absolute Gasteiger partial charge is 0.268 e. The number of nitrogens with one attached hydrogen (secondary N) is 2. The van der Waals surface area contributed by atoms with Gasteiger partial charge in [0.15, 0.2) is 0 Å². The topological polar surface area (TPSA) is 63.1 Å². The average molecular weight is 445 g/mol. The van der Waals surface area contributed by atoms with Crippen LogP contribution in [-0.4, -0.2) is 16.4 Å². The summed E-state index contributed by atoms with van der Waals surface area (Å²) < 4.78 is 29.2. The number of aromatic nitrogens is 1. The van der Waals surface area contributed by atoms with Crippen LogP contribution in [0.1, 0.15) is 21.5 Å². The summed E-state index contributed by atoms with van der Waals surface area (Å²) >= 11 is 0. The second kappa shape index (κ2) is 9.48. The van der Waals surface area contributed by atoms with E-state index in [0.29, 0.717) is 11.1 Å². The van der Waals surface area contributed by atoms with Crippen molar-refractivity contribution in [3.8, 4) is 0 Å². The Balaban J connectivity index is 1.65. The lowest BCUT2D eigenvalue weighted by Gasteiger charge is -2.12. The lowest BCUT2D eigenvalue weighted by atomic mass is 10.1. The van der Waals surface area contributed by atoms with Crippen molar-refractivity contribution in [3.05, 3.63) is 113 Å². The fraction of sp³-hybridized carbons (Fsp3) is 0.0769. The third kappa shape index (κ3) is 4.98. The molecule has 5 nitrogen and oxygen atoms in total. The number of nitrogens with zero attached hydrogens (tertiary/aromatic N) is 1. The SMILES string of the molecule is Cn1cc(/C=C(\NC(=O)c2ccccc2F)C(=O)NCc2ccc(F)cc2)c2ccccc21. The first-order chi connectivity index (χ1) is 15.9. The number of carbonyl (C=O) groups excluding carboxylic acids is 2. The molecule has 0 aliphatic carbocycles. The van der Waals surface area contributed by atoms with E-state index in [9.17, 15) is 18.4 Å². The maximum absolute atomic E-state index is 14.1. The van der Waals surface area contributed by atoms with Crippen LogP contribution in [0, 0.1) is 11.6 Å². The van der Waals surface area contributed by atoms with Crippen molar-refractivity contribution < 1.29 is 18.4 Å². The number of hydrogen-bond acceptors (Lipinski definition) is 2. The molecule has 0 aliphatic heterocycles. The number of carbonyl (C=O) groups is 2. The molecule has 2 N–H and O–H groups in total. The van der Waals surface area contributed by atoms with Gasteiger partial charge in [-0.25, -0.2) is 8.78 Å². The van der Waals surface area contributed by atoms with Crippen molar-refractivity contribution in [2.45, 2.75) is 6.54 Å². The molecule has 0 saturated carbocycles. The minimum atomic E-state index is -0.739. The molecule has 0 saturated heterocycles. The van der Waals surface area contributed by atoms with E-state index in [1.807, 2.05) is 42.1 Å². The molecule has 0 aliphatic rings. The van der Waals surface area contributed by atoms with Crippen molar-refractivity contribution in [2.24, 2.45) is 7.05 Å². The van der Waals surface area contributed by atoms with Crippen LogP contribution < -0.4 is 10.6 Å². The molecular formula is C26H21F2N3O2. The maximum Gasteiger partial charge on any atom is 0.268 e. The molecule has 2 amide bonds. The maximum atomic E-state index is 14.1. The minimum absolute atomic E-state index is 0.0401. The third-order valence-electron chi connectivity index (χ3n) is 5.21. The second-order valence-electron chi connectivity index (χ2n) is 7.51. The fourth-order valence-corrected chi connectivity index (χ4v) is 3.52. The van der Waals surface area contributed by atoms with Crippen LogP contribution in [0.2, 0.25) is 0 Å². The highest BCUT2D eigenvalue weighted by Crippen LogP contribution is 2.22. The predicted molar refractivity (Wildman–Crippen MR) is 123 cm³/mol. The Morgan fingerprint density at radius 1 is 0.939 bits per heavy atom. The lowest BCUT2D eigenvalue weighted by molar-refractivity contribution is -0.117. The first kappa shape index (κ1) is 22.0. The van der Waals surface area contributed by atoms with E-state index in [4.69, 9.17) is 0 Å². The van der Waals surface area contributed by atoms with Gasteiger partial charge in [-0.2, -0.15) is 0 Å². The summed E-state index contributed by atoms with van der Waals surface area (Å²) in [6.07, 6.45) is 3.40. The van der Waals surface area contributed by atoms with Gasteiger partial charge in [-0.3, -0.25) is 9.59 Å². The van der Waals surface area contributed by atoms with E-state index in [0.717, 1.165) is 10.9 Å². The summed E-state index contributed by atoms with van der Waals surface area (Å²) in [7, 11) is 1.88. The van der Waals surface area contributed by atoms with E-state index >= 15 is 0 Å². The first-order valence-corrected chi connectivity index (χ1v) is 10.3. The van der Waals surface area contributed by atoms with Crippen molar-refractivity contribution in [1.29, 1.82) is 0 Å². The van der Waals surface area contributed by atoms with Crippen molar-refractivity contribution >= 4 is 28.8 Å². The number of aryl methyl sites for hydroxylation is 1. The van der Waals surface area contributed by atoms with Crippen LogP contribution >= 0.6 is 0 Å². The average Bonchev–Trinajstić information content (AvgIpc) is 3.13. The van der Waals surface area contributed by atoms with E-state index in [2.05, 4.69) is 10.6 Å². The van der Waals surface area contributed by atoms with E-state index in [1.165, 1.54) is 30.3 Å². The zero-order valence-corrected chi connectivity index (χ0v) is 17.8. The second-order valence-corrected chi connectivity index (χ2v) is 7.51. The van der Waals surface area contributed by atoms with Crippen LogP contribution in [0.3, 0.4) is 0 Å². The monoisotopic (exact) mass is 445 g/mol. The van der Waals surface area contributed by atoms with Gasteiger partial charge in [0.2, 0.25) is 0 Å². The highest BCUT2D eigenvalue weighted by Gasteiger charge is 2.18. The van der Waals surface area contributed by atoms with Crippen LogP contribution in [0.4, 0.5) is 8.78 Å². The quantitative estimate of drug-likeness (QED) is 0.428. The number of fused-ring (bicyclic) bond motifs is 1. The van der Waals surface area contributed by atoms with Gasteiger partial charge < -0.3 is 15.2 Å². The number of para-hydroxylation sites is 1. The van der Waals surface area contributed by atoms with Crippen LogP contribution in [-0.2, 0) is 18.4 Å². The molecule has 33 heavy (non-hydrogen) atoms. The van der Waals surface area contributed by atoms with Crippen molar-refractivity contribution in [2.75, 3.05) is 0 Å². The van der Waals surface area contributed by atoms with Crippen LogP contribution in [0.5, 0.6) is 0 Å². The third-order valence-corrected chi connectivity index (χ3v) is 5.21. The number of benzene rings is 3. The highest BCUT2D eigenvalue weighted by molar-refractivity contribution is 6.06. The number of rotatable bonds is 6. The molecule has 1 aromatic heterocycles. The van der Waals surface area contributed by atoms with Gasteiger partial charge in [-0.15, -0.1) is 0 Å². The molecule has 0 atom stereocenters. The Morgan fingerprint density at radius 2 is 1.64 bits per heavy atom. The minimum Gasteiger partial charge on any atom is -0.350 e. The van der Waals surface area contributed by atoms with Crippen molar-refractivity contribution in [1.82, 2.24) is 15.2 Å². The lowest BCUT2D eigenvalue weighted by Crippen LogP contribution is -2.35. The standard InChI is InChI=1S/C26H21F2N3O2/c1-31-16-18(20-6-3-5-9-24(20)31)14-23(30-25(32)21-7-2-4-8-22(21)28)26(33)29-15-17-10-12-19(27)13-11-17/h2-14,16H,15H2,1H3,(H,29,33)(H,30,32)/b23-14-. The van der Waals surface area contributed by atoms with Crippen LogP contribution in [0.15, 0.2) is 84.7 Å². The molecule has 0 fully saturated rings. The van der Waals surface area contributed by atoms with Gasteiger partial charge in [0.25, 0.3) is 11.8 Å². The van der Waals surface area contributed by atoms with E-state index in [1.54, 1.807) is 24.3 Å². The fourth-order valence-electron chi connectivity index (χ4n) is 3.52. The molecule has 166 valence electrons. The van der Waals surface area contributed by atoms with Gasteiger partial charge in [0.05, 0.1) is 5.56 Å². The van der Waals surface area contributed by atoms with E-state index < -0.39 is 17.6 Å². The van der Waals surface area contributed by atoms with Gasteiger partial charge >= 0.3 is 0 Å². The first-order valence-electron chi connectivity index (χ1n) is 10.3. The van der Waals surface area contributed by atoms with E-state index in [-0.39, 0.29) is 23.6 Å². The summed E-state index contributed by atoms with van der Waals surface area (Å²) in [5.74, 6) is -2.36. The summed E-state index contributed by atoms with van der Waals surface area (Å²) in [6.45, 7) is 0.127. The molecule has 4 aromatic rings. The summed E-state index contributed by atoms with van der Waals surface area (Å²) in [6, 6.07) is 18.9. The van der Waals surface area contributed by atoms with Gasteiger partial charge in [0, 0.05) is 36.3 Å². The normalized spacial score (nSPS) is 11.4. The Bertz CT molecular complexity index is 1360. The zero-order valence-electron chi connectivity index (χ0n) is 17.8. The molecule has 0 bridgehead atoms. The molecule has 3 aromatic carbocycles.